The van der Waals surface area contributed by atoms with Crippen molar-refractivity contribution >= 4 is 67.2 Å². The van der Waals surface area contributed by atoms with Gasteiger partial charge >= 0.3 is 0 Å². The fraction of sp³-hybridized carbons (Fsp3) is 0.176. The van der Waals surface area contributed by atoms with Gasteiger partial charge in [-0.2, -0.15) is 5.26 Å². The van der Waals surface area contributed by atoms with E-state index in [0.29, 0.717) is 33.0 Å². The molecule has 2 heterocycles. The summed E-state index contributed by atoms with van der Waals surface area (Å²) in [5.41, 5.74) is 1.83. The number of allylic oxidation sites excluding steroid dienone is 1. The molecule has 0 fully saturated rings. The van der Waals surface area contributed by atoms with E-state index in [9.17, 15) is 10.1 Å². The molecule has 25 heavy (non-hydrogen) atoms. The summed E-state index contributed by atoms with van der Waals surface area (Å²) in [7, 11) is 0. The molecule has 3 rings (SSSR count). The molecule has 126 valence electrons. The van der Waals surface area contributed by atoms with Gasteiger partial charge in [-0.3, -0.25) is 9.69 Å². The number of nitrogens with zero attached hydrogens (tertiary/aromatic N) is 4. The van der Waals surface area contributed by atoms with E-state index < -0.39 is 0 Å². The minimum atomic E-state index is -0.0593. The predicted molar refractivity (Wildman–Crippen MR) is 104 cm³/mol. The Labute approximate surface area is 157 Å². The van der Waals surface area contributed by atoms with E-state index in [-0.39, 0.29) is 5.91 Å². The number of hydrogen-bond donors (Lipinski definition) is 0. The highest BCUT2D eigenvalue weighted by Gasteiger charge is 2.14. The van der Waals surface area contributed by atoms with Crippen LogP contribution in [0.3, 0.4) is 0 Å². The quantitative estimate of drug-likeness (QED) is 0.599. The van der Waals surface area contributed by atoms with Crippen molar-refractivity contribution in [1.82, 2.24) is 9.97 Å². The summed E-state index contributed by atoms with van der Waals surface area (Å²) in [5.74, 6) is -0.0593. The number of rotatable bonds is 4. The van der Waals surface area contributed by atoms with Crippen LogP contribution in [0.5, 0.6) is 0 Å². The Kier molecular flexibility index (Phi) is 5.13. The number of carbonyl (C=O) groups is 1. The van der Waals surface area contributed by atoms with Gasteiger partial charge in [-0.1, -0.05) is 11.6 Å². The highest BCUT2D eigenvalue weighted by Crippen LogP contribution is 2.30. The van der Waals surface area contributed by atoms with Crippen molar-refractivity contribution in [2.45, 2.75) is 13.8 Å². The molecule has 0 atom stereocenters. The number of hydrogen-bond acceptors (Lipinski definition) is 6. The molecule has 1 amide bonds. The molecule has 0 radical (unpaired) electrons. The number of anilines is 1. The fourth-order valence-electron chi connectivity index (χ4n) is 2.26. The molecule has 0 unspecified atom stereocenters. The average molecular weight is 389 g/mol. The third-order valence-electron chi connectivity index (χ3n) is 3.43. The Bertz CT molecular complexity index is 1020. The smallest absolute Gasteiger partial charge is 0.225 e. The molecule has 0 aliphatic rings. The van der Waals surface area contributed by atoms with Crippen LogP contribution < -0.4 is 4.90 Å². The van der Waals surface area contributed by atoms with Crippen LogP contribution in [-0.4, -0.2) is 22.4 Å². The van der Waals surface area contributed by atoms with Crippen LogP contribution in [-0.2, 0) is 4.79 Å². The SMILES string of the molecule is CCN(C(C)=O)c1nc(/C=C(\C#N)c2nc3cc(Cl)ccc3s2)cs1. The van der Waals surface area contributed by atoms with Crippen LogP contribution in [0.2, 0.25) is 5.02 Å². The highest BCUT2D eigenvalue weighted by atomic mass is 35.5. The van der Waals surface area contributed by atoms with Crippen molar-refractivity contribution in [3.63, 3.8) is 0 Å². The Morgan fingerprint density at radius 2 is 2.24 bits per heavy atom. The summed E-state index contributed by atoms with van der Waals surface area (Å²) in [6, 6.07) is 7.65. The molecular formula is C17H13ClN4OS2. The largest absolute Gasteiger partial charge is 0.289 e. The first kappa shape index (κ1) is 17.5. The zero-order valence-electron chi connectivity index (χ0n) is 13.5. The van der Waals surface area contributed by atoms with Crippen LogP contribution in [0.4, 0.5) is 5.13 Å². The number of carbonyl (C=O) groups excluding carboxylic acids is 1. The monoisotopic (exact) mass is 388 g/mol. The molecule has 0 saturated carbocycles. The molecule has 3 aromatic rings. The lowest BCUT2D eigenvalue weighted by atomic mass is 10.2. The minimum Gasteiger partial charge on any atom is -0.289 e. The first-order valence-corrected chi connectivity index (χ1v) is 9.51. The highest BCUT2D eigenvalue weighted by molar-refractivity contribution is 7.19. The zero-order chi connectivity index (χ0) is 18.0. The third kappa shape index (κ3) is 3.71. The molecule has 8 heteroatoms. The third-order valence-corrected chi connectivity index (χ3v) is 5.62. The summed E-state index contributed by atoms with van der Waals surface area (Å²) in [6.45, 7) is 3.95. The molecule has 5 nitrogen and oxygen atoms in total. The molecule has 0 aliphatic carbocycles. The summed E-state index contributed by atoms with van der Waals surface area (Å²) < 4.78 is 0.966. The molecule has 0 N–H and O–H groups in total. The van der Waals surface area contributed by atoms with E-state index in [2.05, 4.69) is 16.0 Å². The van der Waals surface area contributed by atoms with Crippen LogP contribution >= 0.6 is 34.3 Å². The molecule has 0 spiro atoms. The van der Waals surface area contributed by atoms with Gasteiger partial charge in [0.1, 0.15) is 11.1 Å². The van der Waals surface area contributed by atoms with Gasteiger partial charge in [-0.05, 0) is 31.2 Å². The minimum absolute atomic E-state index is 0.0593. The summed E-state index contributed by atoms with van der Waals surface area (Å²) in [5, 5.41) is 13.2. The number of benzene rings is 1. The zero-order valence-corrected chi connectivity index (χ0v) is 15.9. The van der Waals surface area contributed by atoms with Gasteiger partial charge in [0, 0.05) is 23.9 Å². The lowest BCUT2D eigenvalue weighted by Gasteiger charge is -2.14. The van der Waals surface area contributed by atoms with Crippen LogP contribution in [0.1, 0.15) is 24.5 Å². The second-order valence-corrected chi connectivity index (χ2v) is 7.42. The van der Waals surface area contributed by atoms with E-state index >= 15 is 0 Å². The molecule has 0 saturated heterocycles. The first-order valence-electron chi connectivity index (χ1n) is 7.43. The topological polar surface area (TPSA) is 69.9 Å². The van der Waals surface area contributed by atoms with Gasteiger partial charge in [0.05, 0.1) is 21.5 Å². The van der Waals surface area contributed by atoms with Gasteiger partial charge < -0.3 is 0 Å². The molecule has 0 bridgehead atoms. The Morgan fingerprint density at radius 3 is 2.92 bits per heavy atom. The van der Waals surface area contributed by atoms with Crippen LogP contribution in [0, 0.1) is 11.3 Å². The predicted octanol–water partition coefficient (Wildman–Crippen LogP) is 4.84. The van der Waals surface area contributed by atoms with E-state index in [1.165, 1.54) is 29.6 Å². The van der Waals surface area contributed by atoms with E-state index in [0.717, 1.165) is 10.2 Å². The number of aromatic nitrogens is 2. The van der Waals surface area contributed by atoms with Crippen molar-refractivity contribution in [2.75, 3.05) is 11.4 Å². The normalized spacial score (nSPS) is 11.5. The first-order chi connectivity index (χ1) is 12.0. The lowest BCUT2D eigenvalue weighted by molar-refractivity contribution is -0.116. The van der Waals surface area contributed by atoms with Gasteiger partial charge in [0.25, 0.3) is 0 Å². The Morgan fingerprint density at radius 1 is 1.44 bits per heavy atom. The number of fused-ring (bicyclic) bond motifs is 1. The number of amides is 1. The lowest BCUT2D eigenvalue weighted by Crippen LogP contribution is -2.27. The Balaban J connectivity index is 1.96. The van der Waals surface area contributed by atoms with E-state index in [1.807, 2.05) is 18.4 Å². The van der Waals surface area contributed by atoms with E-state index in [1.54, 1.807) is 23.1 Å². The number of halogens is 1. The van der Waals surface area contributed by atoms with Crippen molar-refractivity contribution in [3.05, 3.63) is 39.3 Å². The maximum Gasteiger partial charge on any atom is 0.225 e. The molecule has 1 aromatic carbocycles. The maximum atomic E-state index is 11.6. The van der Waals surface area contributed by atoms with Crippen LogP contribution in [0.25, 0.3) is 21.9 Å². The van der Waals surface area contributed by atoms with E-state index in [4.69, 9.17) is 11.6 Å². The average Bonchev–Trinajstić information content (AvgIpc) is 3.19. The second-order valence-electron chi connectivity index (χ2n) is 5.12. The number of nitriles is 1. The van der Waals surface area contributed by atoms with Crippen LogP contribution in [0.15, 0.2) is 23.6 Å². The maximum absolute atomic E-state index is 11.6. The van der Waals surface area contributed by atoms with Gasteiger partial charge in [0.2, 0.25) is 5.91 Å². The van der Waals surface area contributed by atoms with Crippen molar-refractivity contribution in [2.24, 2.45) is 0 Å². The summed E-state index contributed by atoms with van der Waals surface area (Å²) in [6.07, 6.45) is 1.69. The van der Waals surface area contributed by atoms with Gasteiger partial charge in [-0.25, -0.2) is 9.97 Å². The summed E-state index contributed by atoms with van der Waals surface area (Å²) >= 11 is 8.79. The fourth-order valence-corrected chi connectivity index (χ4v) is 4.23. The van der Waals surface area contributed by atoms with Gasteiger partial charge in [0.15, 0.2) is 5.13 Å². The molecule has 0 aliphatic heterocycles. The van der Waals surface area contributed by atoms with Gasteiger partial charge in [-0.15, -0.1) is 22.7 Å². The summed E-state index contributed by atoms with van der Waals surface area (Å²) in [4.78, 5) is 22.1. The Hall–Kier alpha value is -2.27. The standard InChI is InChI=1S/C17H13ClN4OS2/c1-3-22(10(2)23)17-20-13(9-24-17)6-11(8-19)16-21-14-7-12(18)4-5-15(14)25-16/h4-7,9H,3H2,1-2H3/b11-6+. The van der Waals surface area contributed by atoms with Crippen molar-refractivity contribution in [3.8, 4) is 6.07 Å². The number of thiazole rings is 2. The molecular weight excluding hydrogens is 376 g/mol. The van der Waals surface area contributed by atoms with Crippen molar-refractivity contribution in [1.29, 1.82) is 5.26 Å². The van der Waals surface area contributed by atoms with Crippen molar-refractivity contribution < 1.29 is 4.79 Å². The second kappa shape index (κ2) is 7.31. The molecule has 2 aromatic heterocycles.